The van der Waals surface area contributed by atoms with E-state index in [1.54, 1.807) is 18.4 Å². The number of nitrogens with zero attached hydrogens (tertiary/aromatic N) is 3. The Balaban J connectivity index is 1.61. The van der Waals surface area contributed by atoms with Crippen molar-refractivity contribution in [3.63, 3.8) is 0 Å². The fraction of sp³-hybridized carbons (Fsp3) is 0.222. The number of ether oxygens (including phenoxy) is 1. The number of fused-ring (bicyclic) bond motifs is 1. The van der Waals surface area contributed by atoms with Crippen LogP contribution >= 0.6 is 22.9 Å². The lowest BCUT2D eigenvalue weighted by Crippen LogP contribution is -2.33. The number of hydrogen-bond acceptors (Lipinski definition) is 6. The summed E-state index contributed by atoms with van der Waals surface area (Å²) in [6, 6.07) is 10.6. The smallest absolute Gasteiger partial charge is 0.340 e. The monoisotopic (exact) mass is 389 g/mol. The van der Waals surface area contributed by atoms with Crippen molar-refractivity contribution in [2.45, 2.75) is 13.0 Å². The number of rotatable bonds is 5. The van der Waals surface area contributed by atoms with E-state index in [4.69, 9.17) is 16.3 Å². The lowest BCUT2D eigenvalue weighted by molar-refractivity contribution is -0.135. The molecule has 2 aromatic heterocycles. The van der Waals surface area contributed by atoms with E-state index in [1.807, 2.05) is 31.2 Å². The van der Waals surface area contributed by atoms with Gasteiger partial charge >= 0.3 is 5.97 Å². The minimum Gasteiger partial charge on any atom is -0.452 e. The fourth-order valence-corrected chi connectivity index (χ4v) is 3.43. The van der Waals surface area contributed by atoms with Crippen LogP contribution in [0.15, 0.2) is 42.6 Å². The van der Waals surface area contributed by atoms with Gasteiger partial charge in [0.05, 0.1) is 21.8 Å². The predicted octanol–water partition coefficient (Wildman–Crippen LogP) is 3.72. The lowest BCUT2D eigenvalue weighted by Gasteiger charge is -2.23. The van der Waals surface area contributed by atoms with Gasteiger partial charge in [-0.2, -0.15) is 0 Å². The number of amides is 1. The fourth-order valence-electron chi connectivity index (χ4n) is 2.26. The third-order valence-electron chi connectivity index (χ3n) is 3.93. The molecule has 0 bridgehead atoms. The Kier molecular flexibility index (Phi) is 5.49. The molecule has 0 radical (unpaired) electrons. The summed E-state index contributed by atoms with van der Waals surface area (Å²) in [6.45, 7) is 1.54. The minimum absolute atomic E-state index is 0.226. The molecule has 0 saturated carbocycles. The van der Waals surface area contributed by atoms with Crippen LogP contribution in [0.5, 0.6) is 0 Å². The van der Waals surface area contributed by atoms with Crippen LogP contribution in [0.3, 0.4) is 0 Å². The third kappa shape index (κ3) is 4.00. The van der Waals surface area contributed by atoms with Gasteiger partial charge in [0.1, 0.15) is 10.2 Å². The number of aromatic nitrogens is 2. The Morgan fingerprint density at radius 1 is 1.27 bits per heavy atom. The van der Waals surface area contributed by atoms with Crippen molar-refractivity contribution in [3.05, 3.63) is 58.3 Å². The molecule has 3 aromatic rings. The first-order valence-corrected chi connectivity index (χ1v) is 9.05. The number of carbonyl (C=O) groups excluding carboxylic acids is 2. The van der Waals surface area contributed by atoms with Crippen molar-refractivity contribution < 1.29 is 14.3 Å². The topological polar surface area (TPSA) is 72.4 Å². The van der Waals surface area contributed by atoms with Crippen LogP contribution in [-0.4, -0.2) is 40.4 Å². The van der Waals surface area contributed by atoms with Crippen LogP contribution in [0.2, 0.25) is 5.15 Å². The maximum Gasteiger partial charge on any atom is 0.340 e. The number of carbonyl (C=O) groups is 2. The number of likely N-dealkylation sites (N-methyl/N-ethyl adjacent to an activating group) is 1. The Morgan fingerprint density at radius 3 is 2.73 bits per heavy atom. The lowest BCUT2D eigenvalue weighted by atomic mass is 10.3. The third-order valence-corrected chi connectivity index (χ3v) is 5.36. The van der Waals surface area contributed by atoms with E-state index in [0.717, 1.165) is 15.2 Å². The molecule has 0 unspecified atom stereocenters. The summed E-state index contributed by atoms with van der Waals surface area (Å²) in [5, 5.41) is 1.11. The Labute approximate surface area is 159 Å². The molecule has 1 amide bonds. The molecular weight excluding hydrogens is 374 g/mol. The largest absolute Gasteiger partial charge is 0.452 e. The summed E-state index contributed by atoms with van der Waals surface area (Å²) >= 11 is 7.22. The first kappa shape index (κ1) is 18.3. The Bertz CT molecular complexity index is 909. The van der Waals surface area contributed by atoms with Gasteiger partial charge in [-0.3, -0.25) is 4.79 Å². The van der Waals surface area contributed by atoms with Crippen molar-refractivity contribution in [2.24, 2.45) is 0 Å². The van der Waals surface area contributed by atoms with Crippen molar-refractivity contribution in [3.8, 4) is 0 Å². The molecule has 0 aliphatic rings. The molecule has 0 saturated heterocycles. The number of hydrogen-bond donors (Lipinski definition) is 0. The summed E-state index contributed by atoms with van der Waals surface area (Å²) in [5.41, 5.74) is 1.14. The average Bonchev–Trinajstić information content (AvgIpc) is 3.09. The quantitative estimate of drug-likeness (QED) is 0.491. The molecule has 2 heterocycles. The normalized spacial score (nSPS) is 12.0. The average molecular weight is 390 g/mol. The predicted molar refractivity (Wildman–Crippen MR) is 100 cm³/mol. The van der Waals surface area contributed by atoms with E-state index in [1.165, 1.54) is 23.2 Å². The van der Waals surface area contributed by atoms with Gasteiger partial charge in [0, 0.05) is 13.2 Å². The number of para-hydroxylation sites is 1. The van der Waals surface area contributed by atoms with Crippen LogP contribution in [0.1, 0.15) is 28.3 Å². The number of esters is 1. The van der Waals surface area contributed by atoms with Crippen LogP contribution in [0, 0.1) is 0 Å². The first-order chi connectivity index (χ1) is 12.5. The van der Waals surface area contributed by atoms with E-state index in [2.05, 4.69) is 9.97 Å². The Morgan fingerprint density at radius 2 is 2.04 bits per heavy atom. The maximum absolute atomic E-state index is 12.4. The van der Waals surface area contributed by atoms with E-state index in [9.17, 15) is 9.59 Å². The standard InChI is InChI=1S/C18H16ClN3O3S/c1-11(17-21-13-5-3-4-6-14(13)26-17)22(2)16(23)10-25-18(24)12-7-8-15(19)20-9-12/h3-9,11H,10H2,1-2H3/t11-/m1/s1. The van der Waals surface area contributed by atoms with Gasteiger partial charge in [-0.25, -0.2) is 14.8 Å². The van der Waals surface area contributed by atoms with Crippen molar-refractivity contribution in [1.82, 2.24) is 14.9 Å². The number of pyridine rings is 1. The van der Waals surface area contributed by atoms with Crippen molar-refractivity contribution in [1.29, 1.82) is 0 Å². The zero-order chi connectivity index (χ0) is 18.7. The van der Waals surface area contributed by atoms with Crippen molar-refractivity contribution >= 4 is 45.0 Å². The highest BCUT2D eigenvalue weighted by Crippen LogP contribution is 2.28. The van der Waals surface area contributed by atoms with Gasteiger partial charge < -0.3 is 9.64 Å². The van der Waals surface area contributed by atoms with E-state index >= 15 is 0 Å². The first-order valence-electron chi connectivity index (χ1n) is 7.85. The minimum atomic E-state index is -0.622. The highest BCUT2D eigenvalue weighted by molar-refractivity contribution is 7.18. The second-order valence-corrected chi connectivity index (χ2v) is 7.10. The summed E-state index contributed by atoms with van der Waals surface area (Å²) in [5.74, 6) is -0.935. The van der Waals surface area contributed by atoms with Crippen molar-refractivity contribution in [2.75, 3.05) is 13.7 Å². The summed E-state index contributed by atoms with van der Waals surface area (Å²) in [6.07, 6.45) is 1.31. The molecule has 26 heavy (non-hydrogen) atoms. The molecule has 8 heteroatoms. The van der Waals surface area contributed by atoms with Crippen LogP contribution < -0.4 is 0 Å². The molecule has 1 aromatic carbocycles. The Hall–Kier alpha value is -2.51. The summed E-state index contributed by atoms with van der Waals surface area (Å²) in [4.78, 5) is 34.2. The van der Waals surface area contributed by atoms with Crippen LogP contribution in [0.25, 0.3) is 10.2 Å². The molecule has 134 valence electrons. The number of halogens is 1. The molecule has 6 nitrogen and oxygen atoms in total. The maximum atomic E-state index is 12.4. The molecule has 0 aliphatic carbocycles. The van der Waals surface area contributed by atoms with E-state index in [-0.39, 0.29) is 29.3 Å². The van der Waals surface area contributed by atoms with Gasteiger partial charge in [-0.15, -0.1) is 11.3 Å². The SMILES string of the molecule is C[C@H](c1nc2ccccc2s1)N(C)C(=O)COC(=O)c1ccc(Cl)nc1. The summed E-state index contributed by atoms with van der Waals surface area (Å²) < 4.78 is 6.13. The zero-order valence-corrected chi connectivity index (χ0v) is 15.8. The highest BCUT2D eigenvalue weighted by Gasteiger charge is 2.22. The zero-order valence-electron chi connectivity index (χ0n) is 14.2. The number of thiazole rings is 1. The van der Waals surface area contributed by atoms with Gasteiger partial charge in [0.2, 0.25) is 0 Å². The molecule has 1 atom stereocenters. The molecule has 0 spiro atoms. The highest BCUT2D eigenvalue weighted by atomic mass is 35.5. The molecular formula is C18H16ClN3O3S. The van der Waals surface area contributed by atoms with E-state index < -0.39 is 5.97 Å². The molecule has 0 aliphatic heterocycles. The molecule has 0 N–H and O–H groups in total. The van der Waals surface area contributed by atoms with Gasteiger partial charge in [-0.05, 0) is 31.2 Å². The van der Waals surface area contributed by atoms with Gasteiger partial charge in [0.15, 0.2) is 6.61 Å². The van der Waals surface area contributed by atoms with Gasteiger partial charge in [-0.1, -0.05) is 23.7 Å². The molecule has 0 fully saturated rings. The second kappa shape index (κ2) is 7.80. The second-order valence-electron chi connectivity index (χ2n) is 5.65. The van der Waals surface area contributed by atoms with Gasteiger partial charge in [0.25, 0.3) is 5.91 Å². The van der Waals surface area contributed by atoms with Crippen LogP contribution in [0.4, 0.5) is 0 Å². The molecule has 3 rings (SSSR count). The number of benzene rings is 1. The van der Waals surface area contributed by atoms with Crippen LogP contribution in [-0.2, 0) is 9.53 Å². The summed E-state index contributed by atoms with van der Waals surface area (Å²) in [7, 11) is 1.66. The van der Waals surface area contributed by atoms with E-state index in [0.29, 0.717) is 0 Å².